The van der Waals surface area contributed by atoms with Gasteiger partial charge in [-0.2, -0.15) is 0 Å². The number of nitrogen functional groups attached to an aromatic ring is 1. The van der Waals surface area contributed by atoms with Gasteiger partial charge in [0, 0.05) is 19.1 Å². The van der Waals surface area contributed by atoms with E-state index in [0.29, 0.717) is 22.9 Å². The molecule has 0 fully saturated rings. The molecular formula is C13H17BrN2O3. The van der Waals surface area contributed by atoms with Crippen molar-refractivity contribution in [2.75, 3.05) is 12.8 Å². The van der Waals surface area contributed by atoms with Gasteiger partial charge in [-0.05, 0) is 41.4 Å². The minimum Gasteiger partial charge on any atom is -0.397 e. The number of carbonyl (C=O) groups excluding carboxylic acids is 2. The van der Waals surface area contributed by atoms with Crippen LogP contribution in [0.2, 0.25) is 0 Å². The molecule has 1 amide bonds. The molecule has 0 aliphatic rings. The second-order valence-corrected chi connectivity index (χ2v) is 5.05. The van der Waals surface area contributed by atoms with E-state index in [1.165, 1.54) is 12.1 Å². The first-order valence-corrected chi connectivity index (χ1v) is 6.61. The summed E-state index contributed by atoms with van der Waals surface area (Å²) in [6.45, 7) is 1.89. The minimum absolute atomic E-state index is 0.0125. The molecule has 1 atom stereocenters. The molecule has 19 heavy (non-hydrogen) atoms. The lowest BCUT2D eigenvalue weighted by atomic mass is 10.0. The van der Waals surface area contributed by atoms with Crippen molar-refractivity contribution in [3.8, 4) is 0 Å². The van der Waals surface area contributed by atoms with Gasteiger partial charge in [0.25, 0.3) is 0 Å². The number of carbonyl (C=O) groups is 2. The summed E-state index contributed by atoms with van der Waals surface area (Å²) in [5, 5.41) is 0. The Kier molecular flexibility index (Phi) is 5.50. The SMILES string of the molecule is COC(C)CCC(=O)c1ccc(C(N)=O)c(Br)c1N. The molecule has 0 saturated heterocycles. The lowest BCUT2D eigenvalue weighted by Gasteiger charge is -2.11. The van der Waals surface area contributed by atoms with E-state index in [-0.39, 0.29) is 23.1 Å². The Morgan fingerprint density at radius 3 is 2.47 bits per heavy atom. The molecule has 6 heteroatoms. The van der Waals surface area contributed by atoms with Gasteiger partial charge in [-0.1, -0.05) is 0 Å². The van der Waals surface area contributed by atoms with Crippen molar-refractivity contribution in [3.63, 3.8) is 0 Å². The fraction of sp³-hybridized carbons (Fsp3) is 0.385. The molecule has 5 nitrogen and oxygen atoms in total. The van der Waals surface area contributed by atoms with Crippen LogP contribution < -0.4 is 11.5 Å². The number of anilines is 1. The highest BCUT2D eigenvalue weighted by Crippen LogP contribution is 2.28. The van der Waals surface area contributed by atoms with Gasteiger partial charge in [-0.3, -0.25) is 9.59 Å². The third-order valence-corrected chi connectivity index (χ3v) is 3.78. The summed E-state index contributed by atoms with van der Waals surface area (Å²) in [4.78, 5) is 23.2. The number of hydrogen-bond donors (Lipinski definition) is 2. The van der Waals surface area contributed by atoms with E-state index in [2.05, 4.69) is 15.9 Å². The van der Waals surface area contributed by atoms with Crippen molar-refractivity contribution in [1.82, 2.24) is 0 Å². The minimum atomic E-state index is -0.592. The zero-order valence-corrected chi connectivity index (χ0v) is 12.5. The van der Waals surface area contributed by atoms with Gasteiger partial charge < -0.3 is 16.2 Å². The number of nitrogens with two attached hydrogens (primary N) is 2. The second kappa shape index (κ2) is 6.68. The van der Waals surface area contributed by atoms with Crippen LogP contribution in [-0.4, -0.2) is 24.9 Å². The molecule has 0 spiro atoms. The van der Waals surface area contributed by atoms with Crippen molar-refractivity contribution in [1.29, 1.82) is 0 Å². The Balaban J connectivity index is 2.93. The van der Waals surface area contributed by atoms with Crippen molar-refractivity contribution in [3.05, 3.63) is 27.7 Å². The zero-order chi connectivity index (χ0) is 14.6. The van der Waals surface area contributed by atoms with Crippen LogP contribution in [-0.2, 0) is 4.74 Å². The standard InChI is InChI=1S/C13H17BrN2O3/c1-7(19-2)3-6-10(17)8-4-5-9(13(16)18)11(14)12(8)15/h4-5,7H,3,6,15H2,1-2H3,(H2,16,18). The normalized spacial score (nSPS) is 12.2. The van der Waals surface area contributed by atoms with E-state index in [1.54, 1.807) is 7.11 Å². The van der Waals surface area contributed by atoms with Crippen LogP contribution in [0.4, 0.5) is 5.69 Å². The van der Waals surface area contributed by atoms with E-state index in [0.717, 1.165) is 0 Å². The van der Waals surface area contributed by atoms with Crippen molar-refractivity contribution in [2.45, 2.75) is 25.9 Å². The average Bonchev–Trinajstić information content (AvgIpc) is 2.38. The van der Waals surface area contributed by atoms with Crippen LogP contribution in [0.25, 0.3) is 0 Å². The lowest BCUT2D eigenvalue weighted by Crippen LogP contribution is -2.15. The van der Waals surface area contributed by atoms with Gasteiger partial charge in [0.15, 0.2) is 5.78 Å². The van der Waals surface area contributed by atoms with Crippen molar-refractivity contribution >= 4 is 33.3 Å². The number of amides is 1. The molecule has 4 N–H and O–H groups in total. The van der Waals surface area contributed by atoms with Crippen LogP contribution in [0.3, 0.4) is 0 Å². The van der Waals surface area contributed by atoms with Crippen molar-refractivity contribution in [2.24, 2.45) is 5.73 Å². The van der Waals surface area contributed by atoms with Crippen LogP contribution in [0.5, 0.6) is 0 Å². The maximum absolute atomic E-state index is 12.0. The third-order valence-electron chi connectivity index (χ3n) is 2.93. The molecular weight excluding hydrogens is 312 g/mol. The number of rotatable bonds is 6. The maximum atomic E-state index is 12.0. The third kappa shape index (κ3) is 3.78. The fourth-order valence-electron chi connectivity index (χ4n) is 1.61. The number of hydrogen-bond acceptors (Lipinski definition) is 4. The molecule has 1 aromatic carbocycles. The molecule has 0 heterocycles. The van der Waals surface area contributed by atoms with Gasteiger partial charge in [0.1, 0.15) is 0 Å². The van der Waals surface area contributed by atoms with Crippen molar-refractivity contribution < 1.29 is 14.3 Å². The molecule has 104 valence electrons. The van der Waals surface area contributed by atoms with Gasteiger partial charge >= 0.3 is 0 Å². The number of primary amides is 1. The molecule has 1 aromatic rings. The molecule has 0 bridgehead atoms. The van der Waals surface area contributed by atoms with Gasteiger partial charge in [-0.25, -0.2) is 0 Å². The van der Waals surface area contributed by atoms with Crippen LogP contribution in [0.1, 0.15) is 40.5 Å². The van der Waals surface area contributed by atoms with Gasteiger partial charge in [-0.15, -0.1) is 0 Å². The highest BCUT2D eigenvalue weighted by Gasteiger charge is 2.17. The van der Waals surface area contributed by atoms with Gasteiger partial charge in [0.2, 0.25) is 5.91 Å². The first-order valence-electron chi connectivity index (χ1n) is 5.82. The Hall–Kier alpha value is -1.40. The number of benzene rings is 1. The van der Waals surface area contributed by atoms with Crippen LogP contribution >= 0.6 is 15.9 Å². The Morgan fingerprint density at radius 2 is 1.95 bits per heavy atom. The second-order valence-electron chi connectivity index (χ2n) is 4.26. The van der Waals surface area contributed by atoms with Gasteiger partial charge in [0.05, 0.1) is 21.8 Å². The maximum Gasteiger partial charge on any atom is 0.249 e. The molecule has 1 rings (SSSR count). The summed E-state index contributed by atoms with van der Waals surface area (Å²) in [5.41, 5.74) is 11.9. The van der Waals surface area contributed by atoms with E-state index in [4.69, 9.17) is 16.2 Å². The number of ether oxygens (including phenoxy) is 1. The topological polar surface area (TPSA) is 95.4 Å². The van der Waals surface area contributed by atoms with E-state index < -0.39 is 5.91 Å². The summed E-state index contributed by atoms with van der Waals surface area (Å²) in [6.07, 6.45) is 0.962. The summed E-state index contributed by atoms with van der Waals surface area (Å²) in [6, 6.07) is 3.02. The molecule has 1 unspecified atom stereocenters. The monoisotopic (exact) mass is 328 g/mol. The fourth-order valence-corrected chi connectivity index (χ4v) is 2.15. The molecule has 0 saturated carbocycles. The quantitative estimate of drug-likeness (QED) is 0.617. The number of halogens is 1. The summed E-state index contributed by atoms with van der Waals surface area (Å²) in [7, 11) is 1.60. The Bertz CT molecular complexity index is 503. The first kappa shape index (κ1) is 15.7. The zero-order valence-electron chi connectivity index (χ0n) is 10.9. The van der Waals surface area contributed by atoms with Crippen LogP contribution in [0.15, 0.2) is 16.6 Å². The highest BCUT2D eigenvalue weighted by molar-refractivity contribution is 9.10. The molecule has 0 aliphatic heterocycles. The lowest BCUT2D eigenvalue weighted by molar-refractivity contribution is 0.0878. The molecule has 0 radical (unpaired) electrons. The summed E-state index contributed by atoms with van der Waals surface area (Å²) in [5.74, 6) is -0.677. The summed E-state index contributed by atoms with van der Waals surface area (Å²) < 4.78 is 5.45. The number of methoxy groups -OCH3 is 1. The molecule has 0 aromatic heterocycles. The smallest absolute Gasteiger partial charge is 0.249 e. The first-order chi connectivity index (χ1) is 8.88. The Labute approximate surface area is 120 Å². The number of ketones is 1. The van der Waals surface area contributed by atoms with E-state index >= 15 is 0 Å². The predicted octanol–water partition coefficient (Wildman–Crippen LogP) is 2.13. The van der Waals surface area contributed by atoms with Crippen LogP contribution in [0, 0.1) is 0 Å². The predicted molar refractivity (Wildman–Crippen MR) is 77.1 cm³/mol. The Morgan fingerprint density at radius 1 is 1.37 bits per heavy atom. The largest absolute Gasteiger partial charge is 0.397 e. The highest BCUT2D eigenvalue weighted by atomic mass is 79.9. The van der Waals surface area contributed by atoms with E-state index in [9.17, 15) is 9.59 Å². The summed E-state index contributed by atoms with van der Waals surface area (Å²) >= 11 is 3.19. The molecule has 0 aliphatic carbocycles. The average molecular weight is 329 g/mol. The number of Topliss-reactive ketones (excluding diaryl/α,β-unsaturated/α-hetero) is 1. The van der Waals surface area contributed by atoms with E-state index in [1.807, 2.05) is 6.92 Å².